The van der Waals surface area contributed by atoms with Crippen molar-refractivity contribution >= 4 is 45.7 Å². The van der Waals surface area contributed by atoms with Crippen LogP contribution in [0.5, 0.6) is 5.75 Å². The van der Waals surface area contributed by atoms with E-state index in [1.807, 2.05) is 26.0 Å². The van der Waals surface area contributed by atoms with Gasteiger partial charge in [0.1, 0.15) is 5.75 Å². The van der Waals surface area contributed by atoms with Crippen molar-refractivity contribution < 1.29 is 9.53 Å². The molecule has 1 atom stereocenters. The average molecular weight is 386 g/mol. The van der Waals surface area contributed by atoms with Gasteiger partial charge in [-0.1, -0.05) is 48.5 Å². The quantitative estimate of drug-likeness (QED) is 0.576. The monoisotopic (exact) mass is 385 g/mol. The van der Waals surface area contributed by atoms with Crippen LogP contribution in [0.2, 0.25) is 5.02 Å². The molecule has 0 saturated heterocycles. The molecule has 0 bridgehead atoms. The Kier molecular flexibility index (Phi) is 6.48. The van der Waals surface area contributed by atoms with Crippen LogP contribution in [0, 0.1) is 13.8 Å². The average Bonchev–Trinajstić information content (AvgIpc) is 2.90. The number of amides is 1. The van der Waals surface area contributed by atoms with Gasteiger partial charge in [0.2, 0.25) is 5.13 Å². The zero-order valence-electron chi connectivity index (χ0n) is 14.2. The fourth-order valence-electron chi connectivity index (χ4n) is 1.95. The van der Waals surface area contributed by atoms with E-state index < -0.39 is 6.10 Å². The summed E-state index contributed by atoms with van der Waals surface area (Å²) in [5.74, 6) is 0.350. The summed E-state index contributed by atoms with van der Waals surface area (Å²) in [5.41, 5.74) is 1.83. The minimum absolute atomic E-state index is 0.266. The first kappa shape index (κ1) is 19.0. The molecule has 0 radical (unpaired) electrons. The minimum atomic E-state index is -0.657. The van der Waals surface area contributed by atoms with Crippen LogP contribution >= 0.6 is 34.7 Å². The summed E-state index contributed by atoms with van der Waals surface area (Å²) in [5, 5.41) is 12.4. The van der Waals surface area contributed by atoms with Crippen LogP contribution in [0.1, 0.15) is 31.9 Å². The summed E-state index contributed by atoms with van der Waals surface area (Å²) in [6, 6.07) is 3.64. The van der Waals surface area contributed by atoms with Crippen molar-refractivity contribution in [2.24, 2.45) is 0 Å². The number of ether oxygens (including phenoxy) is 1. The van der Waals surface area contributed by atoms with E-state index in [-0.39, 0.29) is 5.91 Å². The van der Waals surface area contributed by atoms with Gasteiger partial charge in [0, 0.05) is 10.3 Å². The molecular formula is C16H20ClN3O2S2. The SMILES string of the molecule is Cc1cc(O[C@H](C)C(=O)Nc2nnc(SC(C)C)s2)cc(C)c1Cl. The predicted molar refractivity (Wildman–Crippen MR) is 101 cm³/mol. The van der Waals surface area contributed by atoms with Crippen LogP contribution in [0.3, 0.4) is 0 Å². The van der Waals surface area contributed by atoms with Crippen molar-refractivity contribution in [3.8, 4) is 5.75 Å². The highest BCUT2D eigenvalue weighted by molar-refractivity contribution is 8.01. The summed E-state index contributed by atoms with van der Waals surface area (Å²) < 4.78 is 6.55. The molecule has 1 heterocycles. The molecule has 0 aliphatic carbocycles. The maximum absolute atomic E-state index is 12.3. The lowest BCUT2D eigenvalue weighted by Gasteiger charge is -2.15. The van der Waals surface area contributed by atoms with Gasteiger partial charge >= 0.3 is 0 Å². The van der Waals surface area contributed by atoms with Crippen LogP contribution in [-0.2, 0) is 4.79 Å². The Morgan fingerprint density at radius 1 is 1.25 bits per heavy atom. The number of nitrogens with zero attached hydrogens (tertiary/aromatic N) is 2. The van der Waals surface area contributed by atoms with Gasteiger partial charge < -0.3 is 4.74 Å². The number of rotatable bonds is 6. The van der Waals surface area contributed by atoms with Crippen molar-refractivity contribution in [2.75, 3.05) is 5.32 Å². The van der Waals surface area contributed by atoms with E-state index in [1.165, 1.54) is 11.3 Å². The number of thioether (sulfide) groups is 1. The van der Waals surface area contributed by atoms with Gasteiger partial charge in [0.05, 0.1) is 0 Å². The maximum Gasteiger partial charge on any atom is 0.266 e. The Labute approximate surface area is 155 Å². The highest BCUT2D eigenvalue weighted by atomic mass is 35.5. The summed E-state index contributed by atoms with van der Waals surface area (Å²) >= 11 is 9.11. The molecule has 5 nitrogen and oxygen atoms in total. The lowest BCUT2D eigenvalue weighted by atomic mass is 10.1. The van der Waals surface area contributed by atoms with Crippen molar-refractivity contribution in [3.05, 3.63) is 28.3 Å². The number of carbonyl (C=O) groups excluding carboxylic acids is 1. The molecular weight excluding hydrogens is 366 g/mol. The molecule has 2 aromatic rings. The van der Waals surface area contributed by atoms with Crippen LogP contribution in [0.25, 0.3) is 0 Å². The largest absolute Gasteiger partial charge is 0.481 e. The fourth-order valence-corrected chi connectivity index (χ4v) is 4.04. The van der Waals surface area contributed by atoms with E-state index in [1.54, 1.807) is 18.7 Å². The van der Waals surface area contributed by atoms with Crippen LogP contribution in [-0.4, -0.2) is 27.5 Å². The highest BCUT2D eigenvalue weighted by Gasteiger charge is 2.18. The third kappa shape index (κ3) is 5.09. The summed E-state index contributed by atoms with van der Waals surface area (Å²) in [4.78, 5) is 12.3. The zero-order chi connectivity index (χ0) is 17.9. The Balaban J connectivity index is 1.98. The molecule has 1 aromatic carbocycles. The number of hydrogen-bond acceptors (Lipinski definition) is 6. The topological polar surface area (TPSA) is 64.1 Å². The smallest absolute Gasteiger partial charge is 0.266 e. The fraction of sp³-hybridized carbons (Fsp3) is 0.438. The van der Waals surface area contributed by atoms with E-state index >= 15 is 0 Å². The number of hydrogen-bond donors (Lipinski definition) is 1. The highest BCUT2D eigenvalue weighted by Crippen LogP contribution is 2.29. The van der Waals surface area contributed by atoms with Crippen molar-refractivity contribution in [1.82, 2.24) is 10.2 Å². The number of aromatic nitrogens is 2. The number of benzene rings is 1. The molecule has 0 aliphatic rings. The number of aryl methyl sites for hydroxylation is 2. The molecule has 0 spiro atoms. The lowest BCUT2D eigenvalue weighted by Crippen LogP contribution is -2.30. The van der Waals surface area contributed by atoms with Gasteiger partial charge in [0.15, 0.2) is 10.4 Å². The Hall–Kier alpha value is -1.31. The van der Waals surface area contributed by atoms with E-state index in [9.17, 15) is 4.79 Å². The van der Waals surface area contributed by atoms with Crippen LogP contribution < -0.4 is 10.1 Å². The van der Waals surface area contributed by atoms with E-state index in [0.29, 0.717) is 21.2 Å². The third-order valence-corrected chi connectivity index (χ3v) is 5.59. The molecule has 1 N–H and O–H groups in total. The molecule has 0 saturated carbocycles. The van der Waals surface area contributed by atoms with Gasteiger partial charge in [0.25, 0.3) is 5.91 Å². The Morgan fingerprint density at radius 3 is 2.46 bits per heavy atom. The molecule has 0 fully saturated rings. The third-order valence-electron chi connectivity index (χ3n) is 3.07. The molecule has 0 aliphatic heterocycles. The van der Waals surface area contributed by atoms with Crippen LogP contribution in [0.4, 0.5) is 5.13 Å². The molecule has 0 unspecified atom stereocenters. The van der Waals surface area contributed by atoms with Gasteiger partial charge in [-0.05, 0) is 44.0 Å². The van der Waals surface area contributed by atoms with E-state index in [4.69, 9.17) is 16.3 Å². The van der Waals surface area contributed by atoms with Crippen molar-refractivity contribution in [2.45, 2.75) is 50.3 Å². The molecule has 130 valence electrons. The normalized spacial score (nSPS) is 12.3. The van der Waals surface area contributed by atoms with Gasteiger partial charge in [-0.3, -0.25) is 10.1 Å². The Morgan fingerprint density at radius 2 is 1.88 bits per heavy atom. The van der Waals surface area contributed by atoms with Crippen LogP contribution in [0.15, 0.2) is 16.5 Å². The number of nitrogens with one attached hydrogen (secondary N) is 1. The molecule has 24 heavy (non-hydrogen) atoms. The van der Waals surface area contributed by atoms with Crippen molar-refractivity contribution in [3.63, 3.8) is 0 Å². The second-order valence-electron chi connectivity index (χ2n) is 5.66. The lowest BCUT2D eigenvalue weighted by molar-refractivity contribution is -0.122. The minimum Gasteiger partial charge on any atom is -0.481 e. The summed E-state index contributed by atoms with van der Waals surface area (Å²) in [7, 11) is 0. The maximum atomic E-state index is 12.3. The van der Waals surface area contributed by atoms with E-state index in [0.717, 1.165) is 15.5 Å². The second-order valence-corrected chi connectivity index (χ2v) is 8.84. The van der Waals surface area contributed by atoms with Gasteiger partial charge in [-0.2, -0.15) is 0 Å². The van der Waals surface area contributed by atoms with E-state index in [2.05, 4.69) is 29.4 Å². The zero-order valence-corrected chi connectivity index (χ0v) is 16.6. The molecule has 2 rings (SSSR count). The molecule has 8 heteroatoms. The number of anilines is 1. The number of halogens is 1. The van der Waals surface area contributed by atoms with Crippen molar-refractivity contribution in [1.29, 1.82) is 0 Å². The van der Waals surface area contributed by atoms with Gasteiger partial charge in [-0.15, -0.1) is 10.2 Å². The predicted octanol–water partition coefficient (Wildman–Crippen LogP) is 4.71. The van der Waals surface area contributed by atoms with Gasteiger partial charge in [-0.25, -0.2) is 0 Å². The number of carbonyl (C=O) groups is 1. The first-order chi connectivity index (χ1) is 11.3. The molecule has 1 aromatic heterocycles. The summed E-state index contributed by atoms with van der Waals surface area (Å²) in [6.07, 6.45) is -0.657. The Bertz CT molecular complexity index is 711. The molecule has 1 amide bonds. The summed E-state index contributed by atoms with van der Waals surface area (Å²) in [6.45, 7) is 9.66. The first-order valence-corrected chi connectivity index (χ1v) is 9.58. The first-order valence-electron chi connectivity index (χ1n) is 7.50. The second kappa shape index (κ2) is 8.18. The standard InChI is InChI=1S/C16H20ClN3O2S2/c1-8(2)23-16-20-19-15(24-16)18-14(21)11(5)22-12-6-9(3)13(17)10(4)7-12/h6-8,11H,1-5H3,(H,18,19,21)/t11-/m1/s1.